The highest BCUT2D eigenvalue weighted by molar-refractivity contribution is 5.69. The molecule has 1 unspecified atom stereocenters. The molecule has 1 heterocycles. The summed E-state index contributed by atoms with van der Waals surface area (Å²) in [5, 5.41) is 12.4. The molecule has 0 aromatic carbocycles. The Bertz CT molecular complexity index is 380. The minimum atomic E-state index is -0.689. The standard InChI is InChI=1S/C9H12N4O2/c1-2-7(5-10)15-9(14)6-13-4-3-8(11)12-13/h3-4,7H,2,6H2,1H3,(H2,11,12). The zero-order valence-electron chi connectivity index (χ0n) is 8.38. The van der Waals surface area contributed by atoms with E-state index in [0.717, 1.165) is 0 Å². The first-order chi connectivity index (χ1) is 7.15. The Labute approximate surface area is 87.2 Å². The minimum Gasteiger partial charge on any atom is -0.446 e. The maximum absolute atomic E-state index is 11.3. The van der Waals surface area contributed by atoms with Crippen molar-refractivity contribution in [1.82, 2.24) is 9.78 Å². The highest BCUT2D eigenvalue weighted by atomic mass is 16.5. The first kappa shape index (κ1) is 11.0. The quantitative estimate of drug-likeness (QED) is 0.718. The summed E-state index contributed by atoms with van der Waals surface area (Å²) in [5.74, 6) is -0.151. The predicted octanol–water partition coefficient (Wildman–Crippen LogP) is 0.311. The number of rotatable bonds is 4. The van der Waals surface area contributed by atoms with Crippen LogP contribution in [0.2, 0.25) is 0 Å². The molecule has 1 rings (SSSR count). The molecule has 0 aliphatic carbocycles. The number of nitrogens with two attached hydrogens (primary N) is 1. The number of nitrogen functional groups attached to an aromatic ring is 1. The van der Waals surface area contributed by atoms with Crippen LogP contribution in [-0.2, 0) is 16.1 Å². The molecule has 80 valence electrons. The Morgan fingerprint density at radius 1 is 1.87 bits per heavy atom. The number of esters is 1. The zero-order chi connectivity index (χ0) is 11.3. The summed E-state index contributed by atoms with van der Waals surface area (Å²) in [5.41, 5.74) is 5.37. The molecule has 15 heavy (non-hydrogen) atoms. The molecule has 0 spiro atoms. The topological polar surface area (TPSA) is 93.9 Å². The molecule has 6 nitrogen and oxygen atoms in total. The number of ether oxygens (including phenoxy) is 1. The molecule has 0 amide bonds. The van der Waals surface area contributed by atoms with Gasteiger partial charge >= 0.3 is 5.97 Å². The number of anilines is 1. The van der Waals surface area contributed by atoms with Gasteiger partial charge in [-0.05, 0) is 12.5 Å². The summed E-state index contributed by atoms with van der Waals surface area (Å²) >= 11 is 0. The monoisotopic (exact) mass is 208 g/mol. The predicted molar refractivity (Wildman–Crippen MR) is 52.4 cm³/mol. The van der Waals surface area contributed by atoms with Crippen molar-refractivity contribution in [2.24, 2.45) is 0 Å². The van der Waals surface area contributed by atoms with E-state index in [0.29, 0.717) is 12.2 Å². The van der Waals surface area contributed by atoms with Crippen LogP contribution in [-0.4, -0.2) is 21.9 Å². The fraction of sp³-hybridized carbons (Fsp3) is 0.444. The first-order valence-corrected chi connectivity index (χ1v) is 4.53. The van der Waals surface area contributed by atoms with Crippen molar-refractivity contribution in [3.63, 3.8) is 0 Å². The van der Waals surface area contributed by atoms with Crippen LogP contribution >= 0.6 is 0 Å². The van der Waals surface area contributed by atoms with Crippen molar-refractivity contribution in [3.05, 3.63) is 12.3 Å². The number of nitrogens with zero attached hydrogens (tertiary/aromatic N) is 3. The molecule has 0 aliphatic rings. The van der Waals surface area contributed by atoms with E-state index in [-0.39, 0.29) is 6.54 Å². The Balaban J connectivity index is 2.46. The van der Waals surface area contributed by atoms with Crippen LogP contribution in [0.15, 0.2) is 12.3 Å². The van der Waals surface area contributed by atoms with E-state index >= 15 is 0 Å². The van der Waals surface area contributed by atoms with Gasteiger partial charge in [-0.25, -0.2) is 0 Å². The van der Waals surface area contributed by atoms with Gasteiger partial charge in [-0.2, -0.15) is 10.4 Å². The normalized spacial score (nSPS) is 11.7. The maximum Gasteiger partial charge on any atom is 0.329 e. The van der Waals surface area contributed by atoms with Gasteiger partial charge in [0, 0.05) is 6.20 Å². The van der Waals surface area contributed by atoms with Gasteiger partial charge in [0.25, 0.3) is 0 Å². The summed E-state index contributed by atoms with van der Waals surface area (Å²) in [6.45, 7) is 1.74. The van der Waals surface area contributed by atoms with E-state index in [9.17, 15) is 4.79 Å². The van der Waals surface area contributed by atoms with E-state index in [1.54, 1.807) is 19.2 Å². The Morgan fingerprint density at radius 3 is 3.07 bits per heavy atom. The van der Waals surface area contributed by atoms with Gasteiger partial charge in [-0.15, -0.1) is 0 Å². The van der Waals surface area contributed by atoms with Crippen LogP contribution < -0.4 is 5.73 Å². The van der Waals surface area contributed by atoms with E-state index in [4.69, 9.17) is 15.7 Å². The van der Waals surface area contributed by atoms with Crippen molar-refractivity contribution in [3.8, 4) is 6.07 Å². The van der Waals surface area contributed by atoms with Gasteiger partial charge in [0.15, 0.2) is 6.10 Å². The lowest BCUT2D eigenvalue weighted by Gasteiger charge is -2.08. The molecule has 0 aliphatic heterocycles. The van der Waals surface area contributed by atoms with Crippen LogP contribution in [0.1, 0.15) is 13.3 Å². The second-order valence-electron chi connectivity index (χ2n) is 2.95. The maximum atomic E-state index is 11.3. The van der Waals surface area contributed by atoms with Crippen LogP contribution in [0.4, 0.5) is 5.82 Å². The molecule has 0 saturated carbocycles. The number of hydrogen-bond donors (Lipinski definition) is 1. The third-order valence-electron chi connectivity index (χ3n) is 1.74. The van der Waals surface area contributed by atoms with E-state index in [1.807, 2.05) is 6.07 Å². The SMILES string of the molecule is CCC(C#N)OC(=O)Cn1ccc(N)n1. The van der Waals surface area contributed by atoms with Crippen molar-refractivity contribution >= 4 is 11.8 Å². The second-order valence-corrected chi connectivity index (χ2v) is 2.95. The third-order valence-corrected chi connectivity index (χ3v) is 1.74. The van der Waals surface area contributed by atoms with Crippen LogP contribution in [0, 0.1) is 11.3 Å². The van der Waals surface area contributed by atoms with Crippen LogP contribution in [0.5, 0.6) is 0 Å². The Hall–Kier alpha value is -2.03. The first-order valence-electron chi connectivity index (χ1n) is 4.53. The van der Waals surface area contributed by atoms with E-state index in [2.05, 4.69) is 5.10 Å². The van der Waals surface area contributed by atoms with E-state index < -0.39 is 12.1 Å². The minimum absolute atomic E-state index is 0.0324. The average molecular weight is 208 g/mol. The number of carbonyl (C=O) groups excluding carboxylic acids is 1. The number of nitriles is 1. The number of hydrogen-bond acceptors (Lipinski definition) is 5. The van der Waals surface area contributed by atoms with Gasteiger partial charge < -0.3 is 10.5 Å². The third kappa shape index (κ3) is 3.31. The van der Waals surface area contributed by atoms with Gasteiger partial charge in [0.1, 0.15) is 18.4 Å². The molecular weight excluding hydrogens is 196 g/mol. The molecule has 2 N–H and O–H groups in total. The second kappa shape index (κ2) is 5.00. The Kier molecular flexibility index (Phi) is 3.68. The zero-order valence-corrected chi connectivity index (χ0v) is 8.38. The number of aromatic nitrogens is 2. The van der Waals surface area contributed by atoms with Gasteiger partial charge in [-0.3, -0.25) is 9.48 Å². The molecule has 0 fully saturated rings. The van der Waals surface area contributed by atoms with Crippen molar-refractivity contribution < 1.29 is 9.53 Å². The fourth-order valence-corrected chi connectivity index (χ4v) is 0.995. The molecule has 0 saturated heterocycles. The largest absolute Gasteiger partial charge is 0.446 e. The lowest BCUT2D eigenvalue weighted by molar-refractivity contribution is -0.147. The Morgan fingerprint density at radius 2 is 2.60 bits per heavy atom. The molecule has 1 atom stereocenters. The summed E-state index contributed by atoms with van der Waals surface area (Å²) < 4.78 is 6.22. The summed E-state index contributed by atoms with van der Waals surface area (Å²) in [4.78, 5) is 11.3. The summed E-state index contributed by atoms with van der Waals surface area (Å²) in [6.07, 6.45) is 1.36. The van der Waals surface area contributed by atoms with Crippen molar-refractivity contribution in [1.29, 1.82) is 5.26 Å². The smallest absolute Gasteiger partial charge is 0.329 e. The molecule has 6 heteroatoms. The molecular formula is C9H12N4O2. The van der Waals surface area contributed by atoms with E-state index in [1.165, 1.54) is 4.68 Å². The lowest BCUT2D eigenvalue weighted by atomic mass is 10.3. The van der Waals surface area contributed by atoms with Crippen molar-refractivity contribution in [2.45, 2.75) is 26.0 Å². The summed E-state index contributed by atoms with van der Waals surface area (Å²) in [6, 6.07) is 3.45. The molecule has 0 bridgehead atoms. The van der Waals surface area contributed by atoms with Gasteiger partial charge in [0.2, 0.25) is 0 Å². The highest BCUT2D eigenvalue weighted by Crippen LogP contribution is 2.00. The average Bonchev–Trinajstić information content (AvgIpc) is 2.60. The van der Waals surface area contributed by atoms with Crippen LogP contribution in [0.3, 0.4) is 0 Å². The molecule has 1 aromatic heterocycles. The lowest BCUT2D eigenvalue weighted by Crippen LogP contribution is -2.20. The molecule has 1 aromatic rings. The molecule has 0 radical (unpaired) electrons. The fourth-order valence-electron chi connectivity index (χ4n) is 0.995. The summed E-state index contributed by atoms with van der Waals surface area (Å²) in [7, 11) is 0. The van der Waals surface area contributed by atoms with Gasteiger partial charge in [-0.1, -0.05) is 6.92 Å². The van der Waals surface area contributed by atoms with Crippen molar-refractivity contribution in [2.75, 3.05) is 5.73 Å². The number of carbonyl (C=O) groups is 1. The van der Waals surface area contributed by atoms with Gasteiger partial charge in [0.05, 0.1) is 0 Å². The van der Waals surface area contributed by atoms with Crippen LogP contribution in [0.25, 0.3) is 0 Å². The highest BCUT2D eigenvalue weighted by Gasteiger charge is 2.11.